The zero-order valence-electron chi connectivity index (χ0n) is 39.6. The number of fused-ring (bicyclic) bond motifs is 2. The van der Waals surface area contributed by atoms with E-state index in [0.717, 1.165) is 40.4 Å². The Labute approximate surface area is 402 Å². The maximum absolute atomic E-state index is 12.7. The van der Waals surface area contributed by atoms with Crippen molar-refractivity contribution in [2.75, 3.05) is 53.7 Å². The quantitative estimate of drug-likeness (QED) is 0.367. The number of amides is 2. The van der Waals surface area contributed by atoms with Gasteiger partial charge in [0.25, 0.3) is 0 Å². The zero-order chi connectivity index (χ0) is 46.1. The molecule has 2 aromatic carbocycles. The van der Waals surface area contributed by atoms with Crippen LogP contribution in [0.3, 0.4) is 0 Å². The maximum Gasteiger partial charge on any atom is 1.00 e. The van der Waals surface area contributed by atoms with Gasteiger partial charge in [-0.3, -0.25) is 14.6 Å². The summed E-state index contributed by atoms with van der Waals surface area (Å²) >= 11 is 0. The van der Waals surface area contributed by atoms with Crippen molar-refractivity contribution >= 4 is 35.1 Å². The number of carboxylic acid groups (broad SMARTS) is 1. The van der Waals surface area contributed by atoms with Crippen molar-refractivity contribution in [3.8, 4) is 11.5 Å². The first-order chi connectivity index (χ1) is 29.8. The molecule has 5 heterocycles. The minimum Gasteiger partial charge on any atom is -0.870 e. The van der Waals surface area contributed by atoms with Crippen LogP contribution in [-0.2, 0) is 33.3 Å². The van der Waals surface area contributed by atoms with E-state index in [4.69, 9.17) is 33.2 Å². The van der Waals surface area contributed by atoms with Gasteiger partial charge in [0.15, 0.2) is 11.8 Å². The van der Waals surface area contributed by atoms with E-state index in [1.54, 1.807) is 55.8 Å². The fourth-order valence-corrected chi connectivity index (χ4v) is 8.44. The Balaban J connectivity index is 0.000000386. The molecule has 16 nitrogen and oxygen atoms in total. The van der Waals surface area contributed by atoms with Gasteiger partial charge < -0.3 is 48.8 Å². The van der Waals surface area contributed by atoms with Crippen molar-refractivity contribution in [2.24, 2.45) is 11.8 Å². The third-order valence-corrected chi connectivity index (χ3v) is 11.4. The fraction of sp³-hybridized carbons (Fsp3) is 0.592. The van der Waals surface area contributed by atoms with E-state index in [-0.39, 0.29) is 50.1 Å². The van der Waals surface area contributed by atoms with Crippen molar-refractivity contribution in [3.63, 3.8) is 0 Å². The molecule has 0 saturated carbocycles. The van der Waals surface area contributed by atoms with E-state index < -0.39 is 66.0 Å². The van der Waals surface area contributed by atoms with Crippen molar-refractivity contribution in [3.05, 3.63) is 71.8 Å². The van der Waals surface area contributed by atoms with E-state index >= 15 is 0 Å². The number of likely N-dealkylation sites (tertiary alicyclic amines) is 2. The van der Waals surface area contributed by atoms with Gasteiger partial charge in [0.1, 0.15) is 35.3 Å². The van der Waals surface area contributed by atoms with E-state index in [1.165, 1.54) is 22.6 Å². The summed E-state index contributed by atoms with van der Waals surface area (Å²) in [4.78, 5) is 52.4. The molecule has 2 amide bonds. The molecular weight excluding hydrogens is 847 g/mol. The van der Waals surface area contributed by atoms with Gasteiger partial charge in [-0.1, -0.05) is 43.8 Å². The van der Waals surface area contributed by atoms with Crippen molar-refractivity contribution in [1.29, 1.82) is 0 Å². The summed E-state index contributed by atoms with van der Waals surface area (Å²) in [5.41, 5.74) is 2.89. The van der Waals surface area contributed by atoms with Crippen LogP contribution in [0.15, 0.2) is 60.7 Å². The molecule has 3 N–H and O–H groups in total. The number of benzene rings is 2. The summed E-state index contributed by atoms with van der Waals surface area (Å²) in [6.07, 6.45) is 6.13. The fourth-order valence-electron chi connectivity index (χ4n) is 8.44. The third kappa shape index (κ3) is 15.6. The van der Waals surface area contributed by atoms with Gasteiger partial charge in [0.2, 0.25) is 0 Å². The number of Topliss-reactive ketones (excluding diaryl/α,β-unsaturated/α-hetero) is 1. The first-order valence-corrected chi connectivity index (χ1v) is 21.7. The summed E-state index contributed by atoms with van der Waals surface area (Å²) in [7, 11) is 3.24. The molecule has 66 heavy (non-hydrogen) atoms. The minimum atomic E-state index is -1.08. The average Bonchev–Trinajstić information content (AvgIpc) is 3.88. The Morgan fingerprint density at radius 1 is 0.697 bits per heavy atom. The number of ketones is 1. The average molecular weight is 919 g/mol. The largest absolute Gasteiger partial charge is 1.00 e. The van der Waals surface area contributed by atoms with Gasteiger partial charge in [-0.2, -0.15) is 0 Å². The molecule has 3 saturated heterocycles. The van der Waals surface area contributed by atoms with Crippen LogP contribution in [-0.4, -0.2) is 145 Å². The van der Waals surface area contributed by atoms with Gasteiger partial charge in [-0.05, 0) is 121 Å². The molecule has 0 bridgehead atoms. The molecular formula is C49H71LiN2O14. The van der Waals surface area contributed by atoms with Crippen LogP contribution in [0.1, 0.15) is 92.7 Å². The number of aliphatic carboxylic acids is 1. The molecule has 17 heteroatoms. The Morgan fingerprint density at radius 2 is 1.11 bits per heavy atom. The SMILES string of the molecule is C.CC1CCCO1.COc1ccc(C2=CCO[C@@H]3[C@@H](C2)CN(C(=O)OC(C)(C)C)[C@@H]3C(=O)CO)cc1.COc1ccc(C2=CCO[C@@H]3[C@@H](C2)CN(C(=O)OC(C)(C)C)[C@@H]3C(=O)O)cc1.[Li+].[OH-]. The van der Waals surface area contributed by atoms with Crippen LogP contribution in [0.4, 0.5) is 9.59 Å². The van der Waals surface area contributed by atoms with Gasteiger partial charge in [0.05, 0.1) is 45.7 Å². The number of nitrogens with zero attached hydrogens (tertiary/aromatic N) is 2. The summed E-state index contributed by atoms with van der Waals surface area (Å²) in [6, 6.07) is 13.6. The molecule has 0 radical (unpaired) electrons. The number of carboxylic acids is 1. The molecule has 362 valence electrons. The molecule has 5 aliphatic heterocycles. The van der Waals surface area contributed by atoms with Crippen molar-refractivity contribution in [1.82, 2.24) is 9.80 Å². The van der Waals surface area contributed by atoms with Crippen molar-refractivity contribution < 1.29 is 86.9 Å². The van der Waals surface area contributed by atoms with Crippen LogP contribution in [0.5, 0.6) is 11.5 Å². The number of carbonyl (C=O) groups excluding carboxylic acids is 3. The smallest absolute Gasteiger partial charge is 0.870 e. The summed E-state index contributed by atoms with van der Waals surface area (Å²) < 4.78 is 38.3. The Morgan fingerprint density at radius 3 is 1.42 bits per heavy atom. The molecule has 2 aromatic rings. The van der Waals surface area contributed by atoms with E-state index in [9.17, 15) is 29.4 Å². The summed E-state index contributed by atoms with van der Waals surface area (Å²) in [5.74, 6) is -0.150. The Bertz CT molecular complexity index is 1940. The van der Waals surface area contributed by atoms with Crippen molar-refractivity contribution in [2.45, 2.75) is 123 Å². The van der Waals surface area contributed by atoms with Crippen LogP contribution >= 0.6 is 0 Å². The molecule has 1 unspecified atom stereocenters. The number of hydrogen-bond acceptors (Lipinski definition) is 13. The van der Waals surface area contributed by atoms with Crippen LogP contribution in [0.2, 0.25) is 0 Å². The second-order valence-electron chi connectivity index (χ2n) is 18.4. The van der Waals surface area contributed by atoms with Gasteiger partial charge in [0, 0.05) is 31.5 Å². The normalized spacial score (nSPS) is 24.4. The topological polar surface area (TPSA) is 210 Å². The molecule has 7 rings (SSSR count). The minimum absolute atomic E-state index is 0. The summed E-state index contributed by atoms with van der Waals surface area (Å²) in [6.45, 7) is 14.3. The van der Waals surface area contributed by atoms with Crippen LogP contribution in [0, 0.1) is 11.8 Å². The van der Waals surface area contributed by atoms with E-state index in [2.05, 4.69) is 6.92 Å². The number of aliphatic hydroxyl groups is 1. The van der Waals surface area contributed by atoms with Gasteiger partial charge in [-0.15, -0.1) is 0 Å². The number of hydrogen-bond donors (Lipinski definition) is 2. The van der Waals surface area contributed by atoms with E-state index in [0.29, 0.717) is 38.7 Å². The molecule has 5 aliphatic rings. The predicted molar refractivity (Wildman–Crippen MR) is 244 cm³/mol. The number of allylic oxidation sites excluding steroid dienone is 2. The molecule has 0 aromatic heterocycles. The number of ether oxygens (including phenoxy) is 7. The predicted octanol–water partition coefficient (Wildman–Crippen LogP) is 4.50. The summed E-state index contributed by atoms with van der Waals surface area (Å²) in [5, 5.41) is 19.2. The first-order valence-electron chi connectivity index (χ1n) is 21.7. The van der Waals surface area contributed by atoms with Crippen LogP contribution < -0.4 is 28.3 Å². The molecule has 0 aliphatic carbocycles. The third-order valence-electron chi connectivity index (χ3n) is 11.4. The standard InChI is InChI=1S/C22H29NO6.C21H27NO6.C5H10O.CH4.Li.H2O/c1-22(2,3)29-21(26)23-12-16-11-15(14-5-7-17(27-4)8-6-14)9-10-28-20(16)19(23)18(25)13-24;1-21(2,3)28-20(25)22-12-15-11-14(13-5-7-16(26-4)8-6-13)9-10-27-18(15)17(22)19(23)24;1-5-3-2-4-6-5;;;/h5-9,16,19-20,24H,10-13H2,1-4H3;5-9,15,17-18H,10-12H2,1-4H3,(H,23,24);5H,2-4H2,1H3;1H4;;1H2/q;;;;+1;/p-1/t16-,19+,20+;15-,17-,18+;;;;/m00..../s1. The second-order valence-corrected chi connectivity index (χ2v) is 18.4. The van der Waals surface area contributed by atoms with E-state index in [1.807, 2.05) is 60.7 Å². The monoisotopic (exact) mass is 919 g/mol. The van der Waals surface area contributed by atoms with Crippen LogP contribution in [0.25, 0.3) is 11.1 Å². The number of rotatable bonds is 7. The second kappa shape index (κ2) is 25.7. The number of aliphatic hydroxyl groups excluding tert-OH is 1. The molecule has 0 spiro atoms. The zero-order valence-corrected chi connectivity index (χ0v) is 39.6. The number of carbonyl (C=O) groups is 4. The van der Waals surface area contributed by atoms with Gasteiger partial charge in [-0.25, -0.2) is 14.4 Å². The molecule has 7 atom stereocenters. The first kappa shape index (κ1) is 57.7. The Kier molecular flexibility index (Phi) is 22.4. The number of methoxy groups -OCH3 is 2. The van der Waals surface area contributed by atoms with Gasteiger partial charge >= 0.3 is 37.0 Å². The molecule has 3 fully saturated rings. The maximum atomic E-state index is 12.7. The Hall–Kier alpha value is -4.40.